The van der Waals surface area contributed by atoms with Crippen molar-refractivity contribution in [2.24, 2.45) is 0 Å². The molecule has 0 aliphatic heterocycles. The van der Waals surface area contributed by atoms with E-state index in [0.29, 0.717) is 0 Å². The van der Waals surface area contributed by atoms with Crippen molar-refractivity contribution in [3.63, 3.8) is 0 Å². The maximum atomic E-state index is 2.49. The Kier molecular flexibility index (Phi) is 5.44. The molecule has 1 heteroatoms. The van der Waals surface area contributed by atoms with Crippen molar-refractivity contribution in [1.29, 1.82) is 0 Å². The fourth-order valence-electron chi connectivity index (χ4n) is 2.90. The third-order valence-electron chi connectivity index (χ3n) is 4.09. The average Bonchev–Trinajstić information content (AvgIpc) is 2.48. The topological polar surface area (TPSA) is 3.24 Å². The molecule has 0 amide bonds. The molecular weight excluding hydrogens is 254 g/mol. The van der Waals surface area contributed by atoms with Gasteiger partial charge in [0.2, 0.25) is 0 Å². The molecule has 0 heterocycles. The Labute approximate surface area is 129 Å². The molecule has 0 unspecified atom stereocenters. The second kappa shape index (κ2) is 7.31. The van der Waals surface area contributed by atoms with Crippen LogP contribution in [0, 0.1) is 13.8 Å². The standard InChI is InChI=1S/C20H27N/c1-5-9-18-10-7-8-11-20(18)21(6-2)15-19-13-12-16(3)14-17(19)4/h7-8,10-14H,5-6,9,15H2,1-4H3. The van der Waals surface area contributed by atoms with Crippen LogP contribution >= 0.6 is 0 Å². The molecule has 0 fully saturated rings. The van der Waals surface area contributed by atoms with Crippen molar-refractivity contribution < 1.29 is 0 Å². The number of benzene rings is 2. The molecule has 112 valence electrons. The third kappa shape index (κ3) is 3.87. The number of hydrogen-bond acceptors (Lipinski definition) is 1. The van der Waals surface area contributed by atoms with Crippen molar-refractivity contribution in [2.75, 3.05) is 11.4 Å². The lowest BCUT2D eigenvalue weighted by atomic mass is 10.0. The van der Waals surface area contributed by atoms with Crippen LogP contribution in [0.1, 0.15) is 42.5 Å². The Morgan fingerprint density at radius 1 is 0.905 bits per heavy atom. The maximum Gasteiger partial charge on any atom is 0.0432 e. The van der Waals surface area contributed by atoms with Crippen LogP contribution in [0.3, 0.4) is 0 Å². The van der Waals surface area contributed by atoms with Crippen LogP contribution in [0.2, 0.25) is 0 Å². The van der Waals surface area contributed by atoms with Crippen LogP contribution in [0.5, 0.6) is 0 Å². The van der Waals surface area contributed by atoms with E-state index < -0.39 is 0 Å². The summed E-state index contributed by atoms with van der Waals surface area (Å²) in [5.41, 5.74) is 7.01. The van der Waals surface area contributed by atoms with Crippen molar-refractivity contribution >= 4 is 5.69 Å². The van der Waals surface area contributed by atoms with E-state index in [1.165, 1.54) is 34.4 Å². The van der Waals surface area contributed by atoms with Gasteiger partial charge in [0.1, 0.15) is 0 Å². The Morgan fingerprint density at radius 3 is 2.33 bits per heavy atom. The first kappa shape index (κ1) is 15.6. The highest BCUT2D eigenvalue weighted by molar-refractivity contribution is 5.54. The molecule has 1 nitrogen and oxygen atoms in total. The Bertz CT molecular complexity index is 586. The van der Waals surface area contributed by atoms with Gasteiger partial charge in [-0.25, -0.2) is 0 Å². The smallest absolute Gasteiger partial charge is 0.0432 e. The van der Waals surface area contributed by atoms with Crippen molar-refractivity contribution in [2.45, 2.75) is 47.1 Å². The summed E-state index contributed by atoms with van der Waals surface area (Å²) < 4.78 is 0. The molecule has 2 rings (SSSR count). The van der Waals surface area contributed by atoms with E-state index in [2.05, 4.69) is 75.1 Å². The summed E-state index contributed by atoms with van der Waals surface area (Å²) in [6.45, 7) is 10.9. The molecule has 0 aliphatic carbocycles. The molecule has 21 heavy (non-hydrogen) atoms. The fraction of sp³-hybridized carbons (Fsp3) is 0.400. The highest BCUT2D eigenvalue weighted by atomic mass is 15.1. The summed E-state index contributed by atoms with van der Waals surface area (Å²) in [5.74, 6) is 0. The van der Waals surface area contributed by atoms with Gasteiger partial charge in [-0.2, -0.15) is 0 Å². The lowest BCUT2D eigenvalue weighted by Crippen LogP contribution is -2.23. The van der Waals surface area contributed by atoms with Crippen LogP contribution in [-0.2, 0) is 13.0 Å². The second-order valence-corrected chi connectivity index (χ2v) is 5.82. The predicted molar refractivity (Wildman–Crippen MR) is 93.1 cm³/mol. The van der Waals surface area contributed by atoms with E-state index in [9.17, 15) is 0 Å². The number of aryl methyl sites for hydroxylation is 3. The summed E-state index contributed by atoms with van der Waals surface area (Å²) in [6.07, 6.45) is 2.34. The number of hydrogen-bond donors (Lipinski definition) is 0. The van der Waals surface area contributed by atoms with E-state index in [1.54, 1.807) is 0 Å². The van der Waals surface area contributed by atoms with E-state index in [-0.39, 0.29) is 0 Å². The second-order valence-electron chi connectivity index (χ2n) is 5.82. The summed E-state index contributed by atoms with van der Waals surface area (Å²) in [4.78, 5) is 2.49. The van der Waals surface area contributed by atoms with Crippen molar-refractivity contribution in [3.8, 4) is 0 Å². The molecular formula is C20H27N. The zero-order valence-corrected chi connectivity index (χ0v) is 13.8. The SMILES string of the molecule is CCCc1ccccc1N(CC)Cc1ccc(C)cc1C. The van der Waals surface area contributed by atoms with Gasteiger partial charge in [-0.05, 0) is 49.9 Å². The van der Waals surface area contributed by atoms with E-state index in [0.717, 1.165) is 19.5 Å². The Hall–Kier alpha value is -1.76. The lowest BCUT2D eigenvalue weighted by Gasteiger charge is -2.26. The van der Waals surface area contributed by atoms with Crippen molar-refractivity contribution in [3.05, 3.63) is 64.7 Å². The number of anilines is 1. The molecule has 2 aromatic carbocycles. The molecule has 0 N–H and O–H groups in total. The van der Waals surface area contributed by atoms with Gasteiger partial charge in [-0.15, -0.1) is 0 Å². The Balaban J connectivity index is 2.27. The van der Waals surface area contributed by atoms with Crippen LogP contribution in [0.4, 0.5) is 5.69 Å². The average molecular weight is 281 g/mol. The lowest BCUT2D eigenvalue weighted by molar-refractivity contribution is 0.810. The van der Waals surface area contributed by atoms with Gasteiger partial charge in [-0.1, -0.05) is 55.3 Å². The van der Waals surface area contributed by atoms with E-state index in [4.69, 9.17) is 0 Å². The minimum atomic E-state index is 0.989. The van der Waals surface area contributed by atoms with Gasteiger partial charge >= 0.3 is 0 Å². The van der Waals surface area contributed by atoms with Gasteiger partial charge in [0.25, 0.3) is 0 Å². The minimum Gasteiger partial charge on any atom is -0.367 e. The molecule has 0 aliphatic rings. The summed E-state index contributed by atoms with van der Waals surface area (Å²) in [7, 11) is 0. The molecule has 0 aromatic heterocycles. The summed E-state index contributed by atoms with van der Waals surface area (Å²) in [6, 6.07) is 15.6. The highest BCUT2D eigenvalue weighted by Gasteiger charge is 2.10. The third-order valence-corrected chi connectivity index (χ3v) is 4.09. The highest BCUT2D eigenvalue weighted by Crippen LogP contribution is 2.24. The number of para-hydroxylation sites is 1. The largest absolute Gasteiger partial charge is 0.367 e. The molecule has 0 radical (unpaired) electrons. The first-order chi connectivity index (χ1) is 10.2. The maximum absolute atomic E-state index is 2.49. The van der Waals surface area contributed by atoms with Crippen molar-refractivity contribution in [1.82, 2.24) is 0 Å². The van der Waals surface area contributed by atoms with Crippen LogP contribution in [0.15, 0.2) is 42.5 Å². The molecule has 0 bridgehead atoms. The van der Waals surface area contributed by atoms with Gasteiger partial charge in [0.05, 0.1) is 0 Å². The fourth-order valence-corrected chi connectivity index (χ4v) is 2.90. The zero-order chi connectivity index (χ0) is 15.2. The first-order valence-corrected chi connectivity index (χ1v) is 8.04. The minimum absolute atomic E-state index is 0.989. The molecule has 0 saturated heterocycles. The molecule has 0 atom stereocenters. The quantitative estimate of drug-likeness (QED) is 0.696. The van der Waals surface area contributed by atoms with E-state index >= 15 is 0 Å². The van der Waals surface area contributed by atoms with Gasteiger partial charge < -0.3 is 4.90 Å². The van der Waals surface area contributed by atoms with Gasteiger partial charge in [-0.3, -0.25) is 0 Å². The Morgan fingerprint density at radius 2 is 1.67 bits per heavy atom. The first-order valence-electron chi connectivity index (χ1n) is 8.04. The number of nitrogens with zero attached hydrogens (tertiary/aromatic N) is 1. The number of rotatable bonds is 6. The normalized spacial score (nSPS) is 10.7. The molecule has 0 saturated carbocycles. The monoisotopic (exact) mass is 281 g/mol. The molecule has 0 spiro atoms. The van der Waals surface area contributed by atoms with Gasteiger partial charge in [0, 0.05) is 18.8 Å². The predicted octanol–water partition coefficient (Wildman–Crippen LogP) is 5.28. The zero-order valence-electron chi connectivity index (χ0n) is 13.8. The van der Waals surface area contributed by atoms with Crippen LogP contribution < -0.4 is 4.90 Å². The summed E-state index contributed by atoms with van der Waals surface area (Å²) >= 11 is 0. The van der Waals surface area contributed by atoms with Crippen LogP contribution in [-0.4, -0.2) is 6.54 Å². The van der Waals surface area contributed by atoms with Crippen LogP contribution in [0.25, 0.3) is 0 Å². The van der Waals surface area contributed by atoms with E-state index in [1.807, 2.05) is 0 Å². The van der Waals surface area contributed by atoms with Gasteiger partial charge in [0.15, 0.2) is 0 Å². The molecule has 2 aromatic rings. The summed E-state index contributed by atoms with van der Waals surface area (Å²) in [5, 5.41) is 0.